The van der Waals surface area contributed by atoms with Gasteiger partial charge in [0.25, 0.3) is 5.91 Å². The van der Waals surface area contributed by atoms with Crippen molar-refractivity contribution in [2.45, 2.75) is 25.3 Å². The molecule has 1 fully saturated rings. The SMILES string of the molecule is O=C(Nc1cnn(-c2ccccc2)c1)[C@H]1CCCCN1C(=O)c1ccco1. The van der Waals surface area contributed by atoms with Crippen LogP contribution in [-0.4, -0.2) is 39.1 Å². The highest BCUT2D eigenvalue weighted by Gasteiger charge is 2.33. The summed E-state index contributed by atoms with van der Waals surface area (Å²) in [5, 5.41) is 7.17. The van der Waals surface area contributed by atoms with Crippen LogP contribution in [0, 0.1) is 0 Å². The summed E-state index contributed by atoms with van der Waals surface area (Å²) in [6.45, 7) is 0.543. The molecule has 0 bridgehead atoms. The van der Waals surface area contributed by atoms with Crippen LogP contribution in [-0.2, 0) is 4.79 Å². The van der Waals surface area contributed by atoms with Crippen LogP contribution in [0.5, 0.6) is 0 Å². The van der Waals surface area contributed by atoms with Gasteiger partial charge in [-0.15, -0.1) is 0 Å². The monoisotopic (exact) mass is 364 g/mol. The molecule has 1 N–H and O–H groups in total. The van der Waals surface area contributed by atoms with E-state index in [0.717, 1.165) is 18.5 Å². The van der Waals surface area contributed by atoms with E-state index >= 15 is 0 Å². The minimum absolute atomic E-state index is 0.206. The lowest BCUT2D eigenvalue weighted by molar-refractivity contribution is -0.121. The summed E-state index contributed by atoms with van der Waals surface area (Å²) in [4.78, 5) is 27.1. The number of furan rings is 1. The number of anilines is 1. The number of carbonyl (C=O) groups excluding carboxylic acids is 2. The minimum atomic E-state index is -0.517. The number of carbonyl (C=O) groups is 2. The van der Waals surface area contributed by atoms with Gasteiger partial charge < -0.3 is 14.6 Å². The second-order valence-corrected chi connectivity index (χ2v) is 6.49. The fourth-order valence-electron chi connectivity index (χ4n) is 3.32. The highest BCUT2D eigenvalue weighted by molar-refractivity contribution is 6.00. The lowest BCUT2D eigenvalue weighted by Gasteiger charge is -2.34. The summed E-state index contributed by atoms with van der Waals surface area (Å²) in [5.41, 5.74) is 1.50. The Balaban J connectivity index is 1.48. The molecule has 2 amide bonds. The molecule has 7 nitrogen and oxygen atoms in total. The summed E-state index contributed by atoms with van der Waals surface area (Å²) in [7, 11) is 0. The number of para-hydroxylation sites is 1. The van der Waals surface area contributed by atoms with Crippen LogP contribution in [0.1, 0.15) is 29.8 Å². The third-order valence-corrected chi connectivity index (χ3v) is 4.67. The summed E-state index contributed by atoms with van der Waals surface area (Å²) in [5.74, 6) is -0.200. The van der Waals surface area contributed by atoms with Crippen molar-refractivity contribution in [3.05, 3.63) is 66.9 Å². The van der Waals surface area contributed by atoms with Gasteiger partial charge in [-0.2, -0.15) is 5.10 Å². The summed E-state index contributed by atoms with van der Waals surface area (Å²) in [6, 6.07) is 12.4. The quantitative estimate of drug-likeness (QED) is 0.771. The zero-order chi connectivity index (χ0) is 18.6. The highest BCUT2D eigenvalue weighted by Crippen LogP contribution is 2.22. The first-order valence-electron chi connectivity index (χ1n) is 8.98. The lowest BCUT2D eigenvalue weighted by atomic mass is 10.0. The van der Waals surface area contributed by atoms with E-state index in [1.54, 1.807) is 34.1 Å². The van der Waals surface area contributed by atoms with Gasteiger partial charge >= 0.3 is 0 Å². The van der Waals surface area contributed by atoms with E-state index < -0.39 is 6.04 Å². The van der Waals surface area contributed by atoms with Crippen molar-refractivity contribution in [2.75, 3.05) is 11.9 Å². The van der Waals surface area contributed by atoms with Crippen molar-refractivity contribution in [2.24, 2.45) is 0 Å². The number of nitrogens with one attached hydrogen (secondary N) is 1. The fourth-order valence-corrected chi connectivity index (χ4v) is 3.32. The molecule has 1 atom stereocenters. The van der Waals surface area contributed by atoms with Crippen LogP contribution in [0.15, 0.2) is 65.5 Å². The van der Waals surface area contributed by atoms with Crippen LogP contribution in [0.4, 0.5) is 5.69 Å². The van der Waals surface area contributed by atoms with Crippen LogP contribution < -0.4 is 5.32 Å². The molecule has 0 spiro atoms. The number of piperidine rings is 1. The van der Waals surface area contributed by atoms with Crippen LogP contribution in [0.3, 0.4) is 0 Å². The smallest absolute Gasteiger partial charge is 0.290 e. The van der Waals surface area contributed by atoms with Crippen molar-refractivity contribution in [1.82, 2.24) is 14.7 Å². The van der Waals surface area contributed by atoms with Gasteiger partial charge in [-0.1, -0.05) is 18.2 Å². The highest BCUT2D eigenvalue weighted by atomic mass is 16.3. The second kappa shape index (κ2) is 7.49. The molecule has 2 aromatic heterocycles. The number of hydrogen-bond acceptors (Lipinski definition) is 4. The Morgan fingerprint density at radius 2 is 1.96 bits per heavy atom. The first kappa shape index (κ1) is 17.1. The maximum atomic E-state index is 12.8. The summed E-state index contributed by atoms with van der Waals surface area (Å²) >= 11 is 0. The van der Waals surface area contributed by atoms with Crippen molar-refractivity contribution in [3.8, 4) is 5.69 Å². The molecule has 138 valence electrons. The number of amides is 2. The molecule has 7 heteroatoms. The normalized spacial score (nSPS) is 16.9. The predicted molar refractivity (Wildman–Crippen MR) is 99.6 cm³/mol. The van der Waals surface area contributed by atoms with Gasteiger partial charge in [0.15, 0.2) is 5.76 Å². The largest absolute Gasteiger partial charge is 0.459 e. The molecular weight excluding hydrogens is 344 g/mol. The molecule has 1 aromatic carbocycles. The molecule has 0 radical (unpaired) electrons. The first-order valence-corrected chi connectivity index (χ1v) is 8.98. The Kier molecular flexibility index (Phi) is 4.74. The molecule has 1 aliphatic heterocycles. The number of hydrogen-bond donors (Lipinski definition) is 1. The van der Waals surface area contributed by atoms with E-state index in [9.17, 15) is 9.59 Å². The van der Waals surface area contributed by atoms with Gasteiger partial charge in [0.1, 0.15) is 6.04 Å². The Hall–Kier alpha value is -3.35. The van der Waals surface area contributed by atoms with Crippen molar-refractivity contribution in [3.63, 3.8) is 0 Å². The van der Waals surface area contributed by atoms with E-state index in [1.165, 1.54) is 6.26 Å². The average molecular weight is 364 g/mol. The summed E-state index contributed by atoms with van der Waals surface area (Å²) in [6.07, 6.45) is 7.24. The van der Waals surface area contributed by atoms with Crippen molar-refractivity contribution >= 4 is 17.5 Å². The Morgan fingerprint density at radius 1 is 1.11 bits per heavy atom. The lowest BCUT2D eigenvalue weighted by Crippen LogP contribution is -2.49. The Bertz CT molecular complexity index is 918. The van der Waals surface area contributed by atoms with Gasteiger partial charge in [-0.05, 0) is 43.5 Å². The van der Waals surface area contributed by atoms with Gasteiger partial charge in [0, 0.05) is 6.54 Å². The average Bonchev–Trinajstić information content (AvgIpc) is 3.40. The number of aromatic nitrogens is 2. The van der Waals surface area contributed by atoms with Gasteiger partial charge in [-0.3, -0.25) is 9.59 Å². The third kappa shape index (κ3) is 3.62. The number of likely N-dealkylation sites (tertiary alicyclic amines) is 1. The topological polar surface area (TPSA) is 80.4 Å². The van der Waals surface area contributed by atoms with E-state index in [2.05, 4.69) is 10.4 Å². The molecule has 3 heterocycles. The van der Waals surface area contributed by atoms with Crippen molar-refractivity contribution in [1.29, 1.82) is 0 Å². The molecular formula is C20H20N4O3. The predicted octanol–water partition coefficient (Wildman–Crippen LogP) is 3.10. The zero-order valence-corrected chi connectivity index (χ0v) is 14.7. The van der Waals surface area contributed by atoms with E-state index in [4.69, 9.17) is 4.42 Å². The molecule has 1 aliphatic rings. The molecule has 1 saturated heterocycles. The van der Waals surface area contributed by atoms with Gasteiger partial charge in [0.05, 0.1) is 30.0 Å². The zero-order valence-electron chi connectivity index (χ0n) is 14.7. The van der Waals surface area contributed by atoms with Crippen LogP contribution in [0.25, 0.3) is 5.69 Å². The van der Waals surface area contributed by atoms with Crippen LogP contribution in [0.2, 0.25) is 0 Å². The third-order valence-electron chi connectivity index (χ3n) is 4.67. The van der Waals surface area contributed by atoms with Gasteiger partial charge in [-0.25, -0.2) is 4.68 Å². The maximum Gasteiger partial charge on any atom is 0.290 e. The standard InChI is InChI=1S/C20H20N4O3/c25-19(22-15-13-21-24(14-15)16-7-2-1-3-8-16)17-9-4-5-11-23(17)20(26)18-10-6-12-27-18/h1-3,6-8,10,12-14,17H,4-5,9,11H2,(H,22,25)/t17-/m1/s1. The Labute approximate surface area is 156 Å². The number of benzene rings is 1. The molecule has 3 aromatic rings. The Morgan fingerprint density at radius 3 is 2.74 bits per heavy atom. The number of nitrogens with zero attached hydrogens (tertiary/aromatic N) is 3. The van der Waals surface area contributed by atoms with Crippen LogP contribution >= 0.6 is 0 Å². The molecule has 4 rings (SSSR count). The summed E-state index contributed by atoms with van der Waals surface area (Å²) < 4.78 is 6.91. The van der Waals surface area contributed by atoms with E-state index in [0.29, 0.717) is 18.7 Å². The molecule has 27 heavy (non-hydrogen) atoms. The minimum Gasteiger partial charge on any atom is -0.459 e. The molecule has 0 unspecified atom stereocenters. The van der Waals surface area contributed by atoms with E-state index in [-0.39, 0.29) is 17.6 Å². The van der Waals surface area contributed by atoms with Gasteiger partial charge in [0.2, 0.25) is 5.91 Å². The molecule has 0 saturated carbocycles. The number of rotatable bonds is 4. The van der Waals surface area contributed by atoms with E-state index in [1.807, 2.05) is 30.3 Å². The maximum absolute atomic E-state index is 12.8. The molecule has 0 aliphatic carbocycles. The van der Waals surface area contributed by atoms with Crippen molar-refractivity contribution < 1.29 is 14.0 Å². The first-order chi connectivity index (χ1) is 13.2. The second-order valence-electron chi connectivity index (χ2n) is 6.49. The fraction of sp³-hybridized carbons (Fsp3) is 0.250.